The van der Waals surface area contributed by atoms with Gasteiger partial charge >= 0.3 is 0 Å². The molecule has 2 N–H and O–H groups in total. The summed E-state index contributed by atoms with van der Waals surface area (Å²) in [6, 6.07) is 12.0. The van der Waals surface area contributed by atoms with Gasteiger partial charge in [0.2, 0.25) is 0 Å². The molecule has 2 aromatic rings. The molecule has 0 fully saturated rings. The van der Waals surface area contributed by atoms with Gasteiger partial charge in [0.15, 0.2) is 0 Å². The number of pyridine rings is 1. The molecule has 0 saturated heterocycles. The minimum atomic E-state index is 0.657. The van der Waals surface area contributed by atoms with E-state index in [9.17, 15) is 0 Å². The van der Waals surface area contributed by atoms with Crippen molar-refractivity contribution in [1.29, 1.82) is 0 Å². The molecular weight excluding hydrogens is 244 g/mol. The van der Waals surface area contributed by atoms with Crippen molar-refractivity contribution in [3.63, 3.8) is 0 Å². The number of hydrogen-bond donors (Lipinski definition) is 1. The Labute approximate surface area is 111 Å². The second-order valence-corrected chi connectivity index (χ2v) is 4.92. The van der Waals surface area contributed by atoms with E-state index in [1.54, 1.807) is 18.9 Å². The van der Waals surface area contributed by atoms with Crippen LogP contribution in [-0.2, 0) is 6.42 Å². The smallest absolute Gasteiger partial charge is 0.119 e. The maximum absolute atomic E-state index is 5.51. The Hall–Kier alpha value is -1.52. The van der Waals surface area contributed by atoms with E-state index in [2.05, 4.69) is 11.1 Å². The standard InChI is InChI=1S/C14H16N2OS/c1-17-12-3-2-4-13(9-12)18-14-6-5-11(7-8-15)10-16-14/h2-6,9-10H,7-8,15H2,1H3. The minimum absolute atomic E-state index is 0.657. The highest BCUT2D eigenvalue weighted by Gasteiger charge is 2.01. The highest BCUT2D eigenvalue weighted by Crippen LogP contribution is 2.28. The number of nitrogens with zero attached hydrogens (tertiary/aromatic N) is 1. The summed E-state index contributed by atoms with van der Waals surface area (Å²) in [5.74, 6) is 0.861. The van der Waals surface area contributed by atoms with Crippen LogP contribution in [0.4, 0.5) is 0 Å². The van der Waals surface area contributed by atoms with Crippen molar-refractivity contribution in [1.82, 2.24) is 4.98 Å². The summed E-state index contributed by atoms with van der Waals surface area (Å²) in [5.41, 5.74) is 6.68. The first-order chi connectivity index (χ1) is 8.81. The molecular formula is C14H16N2OS. The van der Waals surface area contributed by atoms with E-state index in [4.69, 9.17) is 10.5 Å². The summed E-state index contributed by atoms with van der Waals surface area (Å²) in [5, 5.41) is 0.976. The molecule has 0 amide bonds. The number of rotatable bonds is 5. The zero-order chi connectivity index (χ0) is 12.8. The summed E-state index contributed by atoms with van der Waals surface area (Å²) in [6.45, 7) is 0.657. The Morgan fingerprint density at radius 1 is 1.28 bits per heavy atom. The summed E-state index contributed by atoms with van der Waals surface area (Å²) < 4.78 is 5.20. The predicted molar refractivity (Wildman–Crippen MR) is 74.1 cm³/mol. The van der Waals surface area contributed by atoms with Gasteiger partial charge in [-0.3, -0.25) is 0 Å². The van der Waals surface area contributed by atoms with Crippen molar-refractivity contribution in [2.24, 2.45) is 5.73 Å². The Kier molecular flexibility index (Phi) is 4.61. The fourth-order valence-electron chi connectivity index (χ4n) is 1.57. The minimum Gasteiger partial charge on any atom is -0.497 e. The van der Waals surface area contributed by atoms with Gasteiger partial charge < -0.3 is 10.5 Å². The Bertz CT molecular complexity index is 499. The van der Waals surface area contributed by atoms with Crippen molar-refractivity contribution >= 4 is 11.8 Å². The highest BCUT2D eigenvalue weighted by atomic mass is 32.2. The molecule has 4 heteroatoms. The zero-order valence-electron chi connectivity index (χ0n) is 10.3. The molecule has 0 unspecified atom stereocenters. The SMILES string of the molecule is COc1cccc(Sc2ccc(CCN)cn2)c1. The van der Waals surface area contributed by atoms with Crippen molar-refractivity contribution in [3.8, 4) is 5.75 Å². The topological polar surface area (TPSA) is 48.1 Å². The third kappa shape index (κ3) is 3.48. The predicted octanol–water partition coefficient (Wildman–Crippen LogP) is 2.74. The molecule has 1 aromatic carbocycles. The lowest BCUT2D eigenvalue weighted by Crippen LogP contribution is -2.02. The van der Waals surface area contributed by atoms with Gasteiger partial charge in [0.05, 0.1) is 7.11 Å². The first-order valence-corrected chi connectivity index (χ1v) is 6.60. The van der Waals surface area contributed by atoms with Gasteiger partial charge in [0.25, 0.3) is 0 Å². The van der Waals surface area contributed by atoms with Gasteiger partial charge in [0, 0.05) is 11.1 Å². The lowest BCUT2D eigenvalue weighted by Gasteiger charge is -2.04. The van der Waals surface area contributed by atoms with Crippen LogP contribution >= 0.6 is 11.8 Å². The number of methoxy groups -OCH3 is 1. The lowest BCUT2D eigenvalue weighted by molar-refractivity contribution is 0.413. The second kappa shape index (κ2) is 6.42. The van der Waals surface area contributed by atoms with Gasteiger partial charge in [0.1, 0.15) is 10.8 Å². The van der Waals surface area contributed by atoms with Crippen LogP contribution in [-0.4, -0.2) is 18.6 Å². The summed E-state index contributed by atoms with van der Waals surface area (Å²) in [4.78, 5) is 5.53. The van der Waals surface area contributed by atoms with E-state index in [0.29, 0.717) is 6.54 Å². The van der Waals surface area contributed by atoms with Crippen LogP contribution in [0.15, 0.2) is 52.5 Å². The molecule has 0 atom stereocenters. The van der Waals surface area contributed by atoms with Gasteiger partial charge in [-0.1, -0.05) is 23.9 Å². The highest BCUT2D eigenvalue weighted by molar-refractivity contribution is 7.99. The molecule has 94 valence electrons. The van der Waals surface area contributed by atoms with Gasteiger partial charge in [-0.2, -0.15) is 0 Å². The number of hydrogen-bond acceptors (Lipinski definition) is 4. The third-order valence-electron chi connectivity index (χ3n) is 2.49. The van der Waals surface area contributed by atoms with Crippen molar-refractivity contribution < 1.29 is 4.74 Å². The van der Waals surface area contributed by atoms with Crippen LogP contribution in [0.5, 0.6) is 5.75 Å². The Balaban J connectivity index is 2.08. The first kappa shape index (κ1) is 12.9. The molecule has 0 spiro atoms. The van der Waals surface area contributed by atoms with E-state index < -0.39 is 0 Å². The van der Waals surface area contributed by atoms with E-state index in [1.165, 1.54) is 5.56 Å². The lowest BCUT2D eigenvalue weighted by atomic mass is 10.2. The largest absolute Gasteiger partial charge is 0.497 e. The van der Waals surface area contributed by atoms with E-state index in [1.807, 2.05) is 36.5 Å². The molecule has 0 aliphatic carbocycles. The fourth-order valence-corrected chi connectivity index (χ4v) is 2.38. The van der Waals surface area contributed by atoms with Crippen molar-refractivity contribution in [2.45, 2.75) is 16.3 Å². The molecule has 18 heavy (non-hydrogen) atoms. The maximum atomic E-state index is 5.51. The second-order valence-electron chi connectivity index (χ2n) is 3.82. The Morgan fingerprint density at radius 2 is 2.17 bits per heavy atom. The van der Waals surface area contributed by atoms with Crippen LogP contribution in [0.1, 0.15) is 5.56 Å². The molecule has 0 radical (unpaired) electrons. The summed E-state index contributed by atoms with van der Waals surface area (Å²) >= 11 is 1.62. The number of aromatic nitrogens is 1. The van der Waals surface area contributed by atoms with Crippen LogP contribution < -0.4 is 10.5 Å². The number of nitrogens with two attached hydrogens (primary N) is 1. The zero-order valence-corrected chi connectivity index (χ0v) is 11.1. The van der Waals surface area contributed by atoms with Crippen LogP contribution in [0, 0.1) is 0 Å². The molecule has 0 saturated carbocycles. The molecule has 0 aliphatic heterocycles. The van der Waals surface area contributed by atoms with Crippen LogP contribution in [0.25, 0.3) is 0 Å². The monoisotopic (exact) mass is 260 g/mol. The average Bonchev–Trinajstić information content (AvgIpc) is 2.42. The molecule has 2 rings (SSSR count). The first-order valence-electron chi connectivity index (χ1n) is 5.78. The van der Waals surface area contributed by atoms with E-state index in [0.717, 1.165) is 22.1 Å². The van der Waals surface area contributed by atoms with Gasteiger partial charge in [-0.15, -0.1) is 0 Å². The number of benzene rings is 1. The molecule has 0 bridgehead atoms. The van der Waals surface area contributed by atoms with Crippen LogP contribution in [0.3, 0.4) is 0 Å². The van der Waals surface area contributed by atoms with Crippen molar-refractivity contribution in [2.75, 3.05) is 13.7 Å². The molecule has 0 aliphatic rings. The normalized spacial score (nSPS) is 10.3. The van der Waals surface area contributed by atoms with Crippen LogP contribution in [0.2, 0.25) is 0 Å². The third-order valence-corrected chi connectivity index (χ3v) is 3.43. The van der Waals surface area contributed by atoms with Gasteiger partial charge in [-0.25, -0.2) is 4.98 Å². The summed E-state index contributed by atoms with van der Waals surface area (Å²) in [7, 11) is 1.67. The average molecular weight is 260 g/mol. The Morgan fingerprint density at radius 3 is 2.83 bits per heavy atom. The summed E-state index contributed by atoms with van der Waals surface area (Å²) in [6.07, 6.45) is 2.76. The number of ether oxygens (including phenoxy) is 1. The fraction of sp³-hybridized carbons (Fsp3) is 0.214. The van der Waals surface area contributed by atoms with E-state index >= 15 is 0 Å². The van der Waals surface area contributed by atoms with Gasteiger partial charge in [-0.05, 0) is 42.8 Å². The quantitative estimate of drug-likeness (QED) is 0.898. The van der Waals surface area contributed by atoms with E-state index in [-0.39, 0.29) is 0 Å². The molecule has 1 aromatic heterocycles. The molecule has 3 nitrogen and oxygen atoms in total. The molecule has 1 heterocycles. The maximum Gasteiger partial charge on any atom is 0.119 e. The van der Waals surface area contributed by atoms with Crippen molar-refractivity contribution in [3.05, 3.63) is 48.2 Å².